The third-order valence-electron chi connectivity index (χ3n) is 5.10. The van der Waals surface area contributed by atoms with E-state index in [1.807, 2.05) is 60.0 Å². The minimum Gasteiger partial charge on any atom is -0.497 e. The molecular weight excluding hydrogens is 382 g/mol. The van der Waals surface area contributed by atoms with E-state index < -0.39 is 0 Å². The summed E-state index contributed by atoms with van der Waals surface area (Å²) in [7, 11) is 1.64. The van der Waals surface area contributed by atoms with Crippen LogP contribution < -0.4 is 14.8 Å². The summed E-state index contributed by atoms with van der Waals surface area (Å²) in [5, 5.41) is 2.94. The fourth-order valence-electron chi connectivity index (χ4n) is 3.51. The molecule has 1 aliphatic rings. The topological polar surface area (TPSA) is 74.6 Å². The van der Waals surface area contributed by atoms with E-state index in [2.05, 4.69) is 10.3 Å². The first-order chi connectivity index (χ1) is 14.7. The molecule has 0 saturated heterocycles. The van der Waals surface area contributed by atoms with Crippen LogP contribution in [0.4, 0.5) is 0 Å². The van der Waals surface area contributed by atoms with Gasteiger partial charge in [-0.15, -0.1) is 0 Å². The van der Waals surface area contributed by atoms with Gasteiger partial charge in [-0.05, 0) is 42.3 Å². The van der Waals surface area contributed by atoms with Gasteiger partial charge in [-0.25, -0.2) is 4.98 Å². The van der Waals surface area contributed by atoms with Gasteiger partial charge in [0.25, 0.3) is 5.91 Å². The zero-order chi connectivity index (χ0) is 20.9. The van der Waals surface area contributed by atoms with Crippen molar-refractivity contribution in [3.05, 3.63) is 77.4 Å². The number of ether oxygens (including phenoxy) is 3. The third-order valence-corrected chi connectivity index (χ3v) is 5.10. The van der Waals surface area contributed by atoms with Crippen LogP contribution in [0.2, 0.25) is 0 Å². The second kappa shape index (κ2) is 9.00. The van der Waals surface area contributed by atoms with Crippen LogP contribution in [-0.2, 0) is 24.4 Å². The highest BCUT2D eigenvalue weighted by molar-refractivity contribution is 5.93. The number of aromatic nitrogens is 2. The fraction of sp³-hybridized carbons (Fsp3) is 0.304. The van der Waals surface area contributed by atoms with E-state index >= 15 is 0 Å². The molecule has 0 aliphatic carbocycles. The quantitative estimate of drug-likeness (QED) is 0.649. The highest BCUT2D eigenvalue weighted by Gasteiger charge is 2.26. The second-order valence-corrected chi connectivity index (χ2v) is 7.03. The number of hydrogen-bond acceptors (Lipinski definition) is 5. The Labute approximate surface area is 175 Å². The van der Waals surface area contributed by atoms with Crippen LogP contribution in [-0.4, -0.2) is 29.2 Å². The summed E-state index contributed by atoms with van der Waals surface area (Å²) in [6.45, 7) is 3.89. The van der Waals surface area contributed by atoms with Crippen molar-refractivity contribution in [2.24, 2.45) is 0 Å². The summed E-state index contributed by atoms with van der Waals surface area (Å²) < 4.78 is 18.7. The molecule has 0 spiro atoms. The molecule has 1 amide bonds. The maximum absolute atomic E-state index is 12.7. The van der Waals surface area contributed by atoms with Gasteiger partial charge in [-0.2, -0.15) is 0 Å². The predicted molar refractivity (Wildman–Crippen MR) is 112 cm³/mol. The highest BCUT2D eigenvalue weighted by Crippen LogP contribution is 2.28. The number of benzene rings is 2. The SMILES string of the molecule is CCOc1cccc(CNC(=O)c2ncn3c2CO[C@@H](c2ccc(OC)cc2)C3)c1. The van der Waals surface area contributed by atoms with Crippen molar-refractivity contribution >= 4 is 5.91 Å². The van der Waals surface area contributed by atoms with Crippen molar-refractivity contribution in [2.45, 2.75) is 32.7 Å². The molecule has 0 bridgehead atoms. The van der Waals surface area contributed by atoms with Crippen LogP contribution in [0.15, 0.2) is 54.9 Å². The van der Waals surface area contributed by atoms with Gasteiger partial charge >= 0.3 is 0 Å². The molecule has 7 heteroatoms. The lowest BCUT2D eigenvalue weighted by molar-refractivity contribution is 0.00255. The Morgan fingerprint density at radius 3 is 2.83 bits per heavy atom. The van der Waals surface area contributed by atoms with E-state index in [0.29, 0.717) is 32.0 Å². The van der Waals surface area contributed by atoms with Crippen molar-refractivity contribution in [3.63, 3.8) is 0 Å². The average Bonchev–Trinajstić information content (AvgIpc) is 3.21. The zero-order valence-electron chi connectivity index (χ0n) is 17.1. The maximum atomic E-state index is 12.7. The lowest BCUT2D eigenvalue weighted by Crippen LogP contribution is -2.27. The van der Waals surface area contributed by atoms with Crippen molar-refractivity contribution in [1.82, 2.24) is 14.9 Å². The van der Waals surface area contributed by atoms with E-state index in [4.69, 9.17) is 14.2 Å². The Morgan fingerprint density at radius 2 is 2.07 bits per heavy atom. The summed E-state index contributed by atoms with van der Waals surface area (Å²) in [6.07, 6.45) is 1.62. The summed E-state index contributed by atoms with van der Waals surface area (Å²) in [4.78, 5) is 17.0. The van der Waals surface area contributed by atoms with Crippen LogP contribution in [0.25, 0.3) is 0 Å². The minimum absolute atomic E-state index is 0.0881. The van der Waals surface area contributed by atoms with Gasteiger partial charge < -0.3 is 24.1 Å². The molecule has 1 atom stereocenters. The Kier molecular flexibility index (Phi) is 5.99. The van der Waals surface area contributed by atoms with E-state index in [1.165, 1.54) is 0 Å². The van der Waals surface area contributed by atoms with Gasteiger partial charge in [0.15, 0.2) is 5.69 Å². The lowest BCUT2D eigenvalue weighted by atomic mass is 10.1. The number of fused-ring (bicyclic) bond motifs is 1. The predicted octanol–water partition coefficient (Wildman–Crippen LogP) is 3.49. The standard InChI is InChI=1S/C23H25N3O4/c1-3-29-19-6-4-5-16(11-19)12-24-23(27)22-20-14-30-21(13-26(20)15-25-22)17-7-9-18(28-2)10-8-17/h4-11,15,21H,3,12-14H2,1-2H3,(H,24,27)/t21-/m1/s1. The second-order valence-electron chi connectivity index (χ2n) is 7.03. The summed E-state index contributed by atoms with van der Waals surface area (Å²) in [5.41, 5.74) is 3.23. The molecule has 2 heterocycles. The Hall–Kier alpha value is -3.32. The van der Waals surface area contributed by atoms with E-state index in [0.717, 1.165) is 28.3 Å². The van der Waals surface area contributed by atoms with Crippen molar-refractivity contribution in [1.29, 1.82) is 0 Å². The number of methoxy groups -OCH3 is 1. The minimum atomic E-state index is -0.211. The average molecular weight is 407 g/mol. The molecule has 1 aromatic heterocycles. The first kappa shape index (κ1) is 20.0. The lowest BCUT2D eigenvalue weighted by Gasteiger charge is -2.25. The Morgan fingerprint density at radius 1 is 1.23 bits per heavy atom. The number of nitrogens with zero attached hydrogens (tertiary/aromatic N) is 2. The first-order valence-corrected chi connectivity index (χ1v) is 9.97. The van der Waals surface area contributed by atoms with Crippen molar-refractivity contribution < 1.29 is 19.0 Å². The first-order valence-electron chi connectivity index (χ1n) is 9.97. The summed E-state index contributed by atoms with van der Waals surface area (Å²) >= 11 is 0. The monoisotopic (exact) mass is 407 g/mol. The summed E-state index contributed by atoms with van der Waals surface area (Å²) in [6, 6.07) is 15.5. The van der Waals surface area contributed by atoms with E-state index in [1.54, 1.807) is 13.4 Å². The smallest absolute Gasteiger partial charge is 0.272 e. The molecule has 0 radical (unpaired) electrons. The van der Waals surface area contributed by atoms with Gasteiger partial charge in [0.05, 0.1) is 38.9 Å². The van der Waals surface area contributed by atoms with Crippen LogP contribution >= 0.6 is 0 Å². The normalized spacial score (nSPS) is 15.3. The number of rotatable bonds is 7. The number of imidazole rings is 1. The zero-order valence-corrected chi connectivity index (χ0v) is 17.1. The Bertz CT molecular complexity index is 1010. The molecule has 0 unspecified atom stereocenters. The van der Waals surface area contributed by atoms with Crippen molar-refractivity contribution in [2.75, 3.05) is 13.7 Å². The van der Waals surface area contributed by atoms with Gasteiger partial charge in [-0.3, -0.25) is 4.79 Å². The van der Waals surface area contributed by atoms with Crippen LogP contribution in [0.5, 0.6) is 11.5 Å². The molecule has 1 aliphatic heterocycles. The highest BCUT2D eigenvalue weighted by atomic mass is 16.5. The number of hydrogen-bond donors (Lipinski definition) is 1. The van der Waals surface area contributed by atoms with Gasteiger partial charge in [0, 0.05) is 6.54 Å². The fourth-order valence-corrected chi connectivity index (χ4v) is 3.51. The number of amides is 1. The molecular formula is C23H25N3O4. The molecule has 3 aromatic rings. The van der Waals surface area contributed by atoms with Crippen LogP contribution in [0.1, 0.15) is 40.3 Å². The van der Waals surface area contributed by atoms with Crippen LogP contribution in [0.3, 0.4) is 0 Å². The van der Waals surface area contributed by atoms with E-state index in [-0.39, 0.29) is 12.0 Å². The number of nitrogens with one attached hydrogen (secondary N) is 1. The molecule has 2 aromatic carbocycles. The Balaban J connectivity index is 1.40. The molecule has 0 fully saturated rings. The molecule has 0 saturated carbocycles. The molecule has 7 nitrogen and oxygen atoms in total. The van der Waals surface area contributed by atoms with Crippen LogP contribution in [0, 0.1) is 0 Å². The summed E-state index contributed by atoms with van der Waals surface area (Å²) in [5.74, 6) is 1.39. The van der Waals surface area contributed by atoms with Gasteiger partial charge in [-0.1, -0.05) is 24.3 Å². The molecule has 30 heavy (non-hydrogen) atoms. The van der Waals surface area contributed by atoms with Crippen molar-refractivity contribution in [3.8, 4) is 11.5 Å². The van der Waals surface area contributed by atoms with Gasteiger partial charge in [0.2, 0.25) is 0 Å². The van der Waals surface area contributed by atoms with Gasteiger partial charge in [0.1, 0.15) is 17.6 Å². The molecule has 4 rings (SSSR count). The third kappa shape index (κ3) is 4.31. The maximum Gasteiger partial charge on any atom is 0.272 e. The molecule has 1 N–H and O–H groups in total. The largest absolute Gasteiger partial charge is 0.497 e. The number of carbonyl (C=O) groups excluding carboxylic acids is 1. The van der Waals surface area contributed by atoms with E-state index in [9.17, 15) is 4.79 Å². The molecule has 156 valence electrons. The number of carbonyl (C=O) groups is 1.